The molecular weight excluding hydrogens is 374 g/mol. The first-order valence-corrected chi connectivity index (χ1v) is 9.76. The Labute approximate surface area is 168 Å². The van der Waals surface area contributed by atoms with Crippen molar-refractivity contribution in [3.05, 3.63) is 58.6 Å². The fourth-order valence-corrected chi connectivity index (χ4v) is 3.69. The molecule has 0 aliphatic carbocycles. The van der Waals surface area contributed by atoms with Crippen molar-refractivity contribution >= 4 is 17.3 Å². The number of rotatable bonds is 6. The Morgan fingerprint density at radius 1 is 1.00 bits per heavy atom. The normalized spacial score (nSPS) is 10.8. The summed E-state index contributed by atoms with van der Waals surface area (Å²) in [7, 11) is 3.18. The first-order chi connectivity index (χ1) is 13.4. The Kier molecular flexibility index (Phi) is 5.99. The van der Waals surface area contributed by atoms with Crippen LogP contribution in [0.2, 0.25) is 0 Å². The lowest BCUT2D eigenvalue weighted by atomic mass is 10.0. The zero-order chi connectivity index (χ0) is 20.3. The van der Waals surface area contributed by atoms with Crippen LogP contribution in [0, 0.1) is 6.92 Å². The summed E-state index contributed by atoms with van der Waals surface area (Å²) in [5, 5.41) is 0.723. The van der Waals surface area contributed by atoms with Gasteiger partial charge >= 0.3 is 5.97 Å². The van der Waals surface area contributed by atoms with E-state index >= 15 is 0 Å². The highest BCUT2D eigenvalue weighted by Gasteiger charge is 2.19. The van der Waals surface area contributed by atoms with E-state index in [0.29, 0.717) is 33.7 Å². The minimum Gasteiger partial charge on any atom is -0.493 e. The zero-order valence-electron chi connectivity index (χ0n) is 16.6. The molecule has 0 aliphatic rings. The molecule has 0 atom stereocenters. The molecule has 0 radical (unpaired) electrons. The van der Waals surface area contributed by atoms with Gasteiger partial charge in [0.05, 0.1) is 19.9 Å². The van der Waals surface area contributed by atoms with Crippen LogP contribution < -0.4 is 14.2 Å². The molecule has 0 spiro atoms. The number of methoxy groups -OCH3 is 2. The predicted molar refractivity (Wildman–Crippen MR) is 111 cm³/mol. The Morgan fingerprint density at radius 3 is 2.29 bits per heavy atom. The average Bonchev–Trinajstić information content (AvgIpc) is 3.09. The number of benzene rings is 2. The van der Waals surface area contributed by atoms with Gasteiger partial charge in [0.2, 0.25) is 0 Å². The van der Waals surface area contributed by atoms with Crippen molar-refractivity contribution < 1.29 is 19.0 Å². The van der Waals surface area contributed by atoms with E-state index < -0.39 is 5.97 Å². The summed E-state index contributed by atoms with van der Waals surface area (Å²) in [4.78, 5) is 17.6. The van der Waals surface area contributed by atoms with Crippen LogP contribution in [-0.2, 0) is 0 Å². The van der Waals surface area contributed by atoms with Crippen LogP contribution in [0.5, 0.6) is 17.2 Å². The van der Waals surface area contributed by atoms with E-state index in [1.165, 1.54) is 16.9 Å². The molecule has 0 saturated heterocycles. The molecule has 28 heavy (non-hydrogen) atoms. The Balaban J connectivity index is 1.82. The van der Waals surface area contributed by atoms with Crippen LogP contribution in [0.1, 0.15) is 40.7 Å². The van der Waals surface area contributed by atoms with Gasteiger partial charge in [0.25, 0.3) is 0 Å². The largest absolute Gasteiger partial charge is 0.493 e. The van der Waals surface area contributed by atoms with Gasteiger partial charge in [-0.2, -0.15) is 0 Å². The van der Waals surface area contributed by atoms with Gasteiger partial charge in [0.1, 0.15) is 15.6 Å². The summed E-state index contributed by atoms with van der Waals surface area (Å²) >= 11 is 1.30. The summed E-state index contributed by atoms with van der Waals surface area (Å²) in [6, 6.07) is 13.1. The Bertz CT molecular complexity index is 977. The Morgan fingerprint density at radius 2 is 1.68 bits per heavy atom. The second-order valence-electron chi connectivity index (χ2n) is 6.62. The standard InChI is InChI=1S/C22H23NO4S/c1-13(2)15-6-9-17(10-7-15)27-22(24)20-14(3)23-21(28-20)16-8-11-18(25-4)19(12-16)26-5/h6-13H,1-5H3. The van der Waals surface area contributed by atoms with E-state index in [1.807, 2.05) is 42.5 Å². The third-order valence-electron chi connectivity index (χ3n) is 4.37. The summed E-state index contributed by atoms with van der Waals surface area (Å²) in [5.74, 6) is 1.80. The van der Waals surface area contributed by atoms with Crippen LogP contribution in [-0.4, -0.2) is 25.2 Å². The summed E-state index contributed by atoms with van der Waals surface area (Å²) in [5.41, 5.74) is 2.69. The number of ether oxygens (including phenoxy) is 3. The molecular formula is C22H23NO4S. The van der Waals surface area contributed by atoms with Gasteiger partial charge in [-0.05, 0) is 48.7 Å². The van der Waals surface area contributed by atoms with Crippen molar-refractivity contribution in [2.24, 2.45) is 0 Å². The van der Waals surface area contributed by atoms with Crippen molar-refractivity contribution in [2.45, 2.75) is 26.7 Å². The maximum absolute atomic E-state index is 12.6. The minimum absolute atomic E-state index is 0.404. The zero-order valence-corrected chi connectivity index (χ0v) is 17.4. The molecule has 0 fully saturated rings. The number of carbonyl (C=O) groups is 1. The van der Waals surface area contributed by atoms with E-state index in [-0.39, 0.29) is 0 Å². The average molecular weight is 397 g/mol. The molecule has 0 bridgehead atoms. The first kappa shape index (κ1) is 19.9. The van der Waals surface area contributed by atoms with E-state index in [9.17, 15) is 4.79 Å². The maximum Gasteiger partial charge on any atom is 0.355 e. The third-order valence-corrected chi connectivity index (χ3v) is 5.56. The molecule has 146 valence electrons. The summed E-state index contributed by atoms with van der Waals surface area (Å²) in [6.45, 7) is 6.05. The number of hydrogen-bond donors (Lipinski definition) is 0. The molecule has 0 amide bonds. The summed E-state index contributed by atoms with van der Waals surface area (Å²) in [6.07, 6.45) is 0. The van der Waals surface area contributed by atoms with Gasteiger partial charge in [-0.25, -0.2) is 9.78 Å². The lowest BCUT2D eigenvalue weighted by molar-refractivity contribution is 0.0739. The van der Waals surface area contributed by atoms with Gasteiger partial charge in [-0.1, -0.05) is 26.0 Å². The first-order valence-electron chi connectivity index (χ1n) is 8.95. The molecule has 1 heterocycles. The van der Waals surface area contributed by atoms with Crippen molar-refractivity contribution in [3.63, 3.8) is 0 Å². The van der Waals surface area contributed by atoms with Crippen LogP contribution >= 0.6 is 11.3 Å². The van der Waals surface area contributed by atoms with Crippen LogP contribution in [0.15, 0.2) is 42.5 Å². The molecule has 0 aliphatic heterocycles. The second kappa shape index (κ2) is 8.44. The topological polar surface area (TPSA) is 57.7 Å². The van der Waals surface area contributed by atoms with Gasteiger partial charge < -0.3 is 14.2 Å². The van der Waals surface area contributed by atoms with Crippen LogP contribution in [0.4, 0.5) is 0 Å². The lowest BCUT2D eigenvalue weighted by Crippen LogP contribution is -2.08. The minimum atomic E-state index is -0.404. The molecule has 5 nitrogen and oxygen atoms in total. The smallest absolute Gasteiger partial charge is 0.355 e. The monoisotopic (exact) mass is 397 g/mol. The van der Waals surface area contributed by atoms with E-state index in [2.05, 4.69) is 18.8 Å². The highest BCUT2D eigenvalue weighted by atomic mass is 32.1. The van der Waals surface area contributed by atoms with Crippen LogP contribution in [0.3, 0.4) is 0 Å². The van der Waals surface area contributed by atoms with Gasteiger partial charge in [-0.3, -0.25) is 0 Å². The van der Waals surface area contributed by atoms with Crippen molar-refractivity contribution in [3.8, 4) is 27.8 Å². The number of aromatic nitrogens is 1. The number of nitrogens with zero attached hydrogens (tertiary/aromatic N) is 1. The van der Waals surface area contributed by atoms with Crippen molar-refractivity contribution in [1.29, 1.82) is 0 Å². The fourth-order valence-electron chi connectivity index (χ4n) is 2.75. The highest BCUT2D eigenvalue weighted by Crippen LogP contribution is 2.35. The molecule has 2 aromatic carbocycles. The third kappa shape index (κ3) is 4.17. The van der Waals surface area contributed by atoms with E-state index in [0.717, 1.165) is 10.6 Å². The van der Waals surface area contributed by atoms with E-state index in [1.54, 1.807) is 21.1 Å². The van der Waals surface area contributed by atoms with Crippen LogP contribution in [0.25, 0.3) is 10.6 Å². The highest BCUT2D eigenvalue weighted by molar-refractivity contribution is 7.17. The Hall–Kier alpha value is -2.86. The van der Waals surface area contributed by atoms with Crippen molar-refractivity contribution in [1.82, 2.24) is 4.98 Å². The number of esters is 1. The summed E-state index contributed by atoms with van der Waals surface area (Å²) < 4.78 is 16.1. The lowest BCUT2D eigenvalue weighted by Gasteiger charge is -2.08. The number of carbonyl (C=O) groups excluding carboxylic acids is 1. The molecule has 3 rings (SSSR count). The molecule has 3 aromatic rings. The predicted octanol–water partition coefficient (Wildman–Crippen LogP) is 5.48. The fraction of sp³-hybridized carbons (Fsp3) is 0.273. The number of thiazole rings is 1. The van der Waals surface area contributed by atoms with Crippen molar-refractivity contribution in [2.75, 3.05) is 14.2 Å². The van der Waals surface area contributed by atoms with Gasteiger partial charge in [-0.15, -0.1) is 11.3 Å². The SMILES string of the molecule is COc1ccc(-c2nc(C)c(C(=O)Oc3ccc(C(C)C)cc3)s2)cc1OC. The van der Waals surface area contributed by atoms with Gasteiger partial charge in [0, 0.05) is 5.56 Å². The molecule has 0 saturated carbocycles. The molecule has 0 unspecified atom stereocenters. The quantitative estimate of drug-likeness (QED) is 0.407. The molecule has 1 aromatic heterocycles. The second-order valence-corrected chi connectivity index (χ2v) is 7.62. The maximum atomic E-state index is 12.6. The molecule has 6 heteroatoms. The van der Waals surface area contributed by atoms with E-state index in [4.69, 9.17) is 14.2 Å². The number of aryl methyl sites for hydroxylation is 1. The van der Waals surface area contributed by atoms with Gasteiger partial charge in [0.15, 0.2) is 11.5 Å². The molecule has 0 N–H and O–H groups in total. The number of hydrogen-bond acceptors (Lipinski definition) is 6.